The summed E-state index contributed by atoms with van der Waals surface area (Å²) in [5.41, 5.74) is 3.03. The van der Waals surface area contributed by atoms with Crippen molar-refractivity contribution < 1.29 is 4.79 Å². The average molecular weight is 356 g/mol. The molecule has 3 heterocycles. The van der Waals surface area contributed by atoms with Crippen molar-refractivity contribution >= 4 is 5.91 Å². The Morgan fingerprint density at radius 2 is 2.12 bits per heavy atom. The fourth-order valence-electron chi connectivity index (χ4n) is 3.92. The van der Waals surface area contributed by atoms with E-state index in [2.05, 4.69) is 27.3 Å². The van der Waals surface area contributed by atoms with E-state index in [1.807, 2.05) is 38.2 Å². The molecule has 0 bridgehead atoms. The van der Waals surface area contributed by atoms with Crippen LogP contribution in [0.4, 0.5) is 0 Å². The van der Waals surface area contributed by atoms with Crippen LogP contribution >= 0.6 is 0 Å². The Labute approximate surface area is 154 Å². The van der Waals surface area contributed by atoms with Gasteiger partial charge in [0.1, 0.15) is 0 Å². The molecule has 1 unspecified atom stereocenters. The largest absolute Gasteiger partial charge is 0.335 e. The molecule has 0 aromatic carbocycles. The molecular weight excluding hydrogens is 328 g/mol. The van der Waals surface area contributed by atoms with Crippen molar-refractivity contribution in [2.45, 2.75) is 45.7 Å². The highest BCUT2D eigenvalue weighted by Gasteiger charge is 2.36. The smallest absolute Gasteiger partial charge is 0.223 e. The van der Waals surface area contributed by atoms with Crippen LogP contribution in [0, 0.1) is 12.8 Å². The zero-order chi connectivity index (χ0) is 18.7. The van der Waals surface area contributed by atoms with Crippen LogP contribution in [0.1, 0.15) is 55.7 Å². The maximum Gasteiger partial charge on any atom is 0.223 e. The number of piperidine rings is 1. The van der Waals surface area contributed by atoms with Crippen molar-refractivity contribution in [1.29, 1.82) is 0 Å². The van der Waals surface area contributed by atoms with Gasteiger partial charge in [-0.1, -0.05) is 0 Å². The average Bonchev–Trinajstić information content (AvgIpc) is 3.06. The molecule has 1 saturated heterocycles. The van der Waals surface area contributed by atoms with Gasteiger partial charge in [-0.2, -0.15) is 5.10 Å². The molecule has 3 atom stereocenters. The van der Waals surface area contributed by atoms with Crippen LogP contribution in [-0.4, -0.2) is 43.6 Å². The normalized spacial score (nSPS) is 21.8. The summed E-state index contributed by atoms with van der Waals surface area (Å²) in [6, 6.07) is 0.184. The van der Waals surface area contributed by atoms with Gasteiger partial charge in [0.2, 0.25) is 5.91 Å². The Hall–Kier alpha value is -2.28. The molecule has 7 nitrogen and oxygen atoms in total. The molecule has 1 fully saturated rings. The zero-order valence-electron chi connectivity index (χ0n) is 16.0. The Kier molecular flexibility index (Phi) is 5.66. The minimum atomic E-state index is 0.0672. The number of rotatable bonds is 6. The second-order valence-electron chi connectivity index (χ2n) is 7.03. The molecule has 1 N–H and O–H groups in total. The second kappa shape index (κ2) is 7.95. The maximum atomic E-state index is 12.4. The lowest BCUT2D eigenvalue weighted by molar-refractivity contribution is -0.138. The van der Waals surface area contributed by atoms with Gasteiger partial charge in [0.15, 0.2) is 0 Å². The van der Waals surface area contributed by atoms with Gasteiger partial charge in [-0.25, -0.2) is 0 Å². The summed E-state index contributed by atoms with van der Waals surface area (Å²) < 4.78 is 1.80. The monoisotopic (exact) mass is 356 g/mol. The number of likely N-dealkylation sites (tertiary alicyclic amines) is 1. The molecule has 0 aliphatic carbocycles. The molecular formula is C19H28N6O. The number of carbonyl (C=O) groups is 1. The first-order chi connectivity index (χ1) is 12.5. The first-order valence-electron chi connectivity index (χ1n) is 9.30. The zero-order valence-corrected chi connectivity index (χ0v) is 16.0. The summed E-state index contributed by atoms with van der Waals surface area (Å²) in [5, 5.41) is 7.92. The van der Waals surface area contributed by atoms with Gasteiger partial charge in [0.25, 0.3) is 0 Å². The van der Waals surface area contributed by atoms with Gasteiger partial charge in [-0.15, -0.1) is 0 Å². The SMILES string of the molecule is CCN1C(=O)CC[C@H](CNC(C)c2nccnc2C)[C@H]1c1cnn(C)c1. The van der Waals surface area contributed by atoms with E-state index in [0.29, 0.717) is 18.9 Å². The number of hydrogen-bond acceptors (Lipinski definition) is 5. The van der Waals surface area contributed by atoms with Gasteiger partial charge in [-0.3, -0.25) is 19.4 Å². The molecule has 0 saturated carbocycles. The van der Waals surface area contributed by atoms with Crippen LogP contribution in [-0.2, 0) is 11.8 Å². The first kappa shape index (κ1) is 18.5. The van der Waals surface area contributed by atoms with E-state index in [-0.39, 0.29) is 18.0 Å². The molecule has 1 aliphatic rings. The van der Waals surface area contributed by atoms with Crippen LogP contribution in [0.15, 0.2) is 24.8 Å². The van der Waals surface area contributed by atoms with Crippen molar-refractivity contribution in [3.8, 4) is 0 Å². The number of carbonyl (C=O) groups excluding carboxylic acids is 1. The third kappa shape index (κ3) is 3.77. The summed E-state index contributed by atoms with van der Waals surface area (Å²) in [4.78, 5) is 23.2. The predicted octanol–water partition coefficient (Wildman–Crippen LogP) is 2.17. The van der Waals surface area contributed by atoms with E-state index in [1.54, 1.807) is 17.1 Å². The molecule has 140 valence electrons. The van der Waals surface area contributed by atoms with Gasteiger partial charge >= 0.3 is 0 Å². The number of aryl methyl sites for hydroxylation is 2. The Morgan fingerprint density at radius 3 is 2.77 bits per heavy atom. The highest BCUT2D eigenvalue weighted by molar-refractivity contribution is 5.77. The lowest BCUT2D eigenvalue weighted by atomic mass is 9.85. The molecule has 1 aliphatic heterocycles. The maximum absolute atomic E-state index is 12.4. The van der Waals surface area contributed by atoms with Gasteiger partial charge in [0, 0.05) is 56.8 Å². The van der Waals surface area contributed by atoms with Crippen molar-refractivity contribution in [3.05, 3.63) is 41.7 Å². The number of nitrogens with zero attached hydrogens (tertiary/aromatic N) is 5. The number of amides is 1. The standard InChI is InChI=1S/C19H28N6O/c1-5-25-17(26)7-6-15(19(25)16-11-23-24(4)12-16)10-22-14(3)18-13(2)20-8-9-21-18/h8-9,11-12,14-15,19,22H,5-7,10H2,1-4H3/t14?,15-,19+/m1/s1. The fraction of sp³-hybridized carbons (Fsp3) is 0.579. The van der Waals surface area contributed by atoms with E-state index in [9.17, 15) is 4.79 Å². The van der Waals surface area contributed by atoms with Crippen LogP contribution in [0.2, 0.25) is 0 Å². The molecule has 2 aromatic heterocycles. The molecule has 3 rings (SSSR count). The third-order valence-electron chi connectivity index (χ3n) is 5.25. The van der Waals surface area contributed by atoms with Crippen molar-refractivity contribution in [2.75, 3.05) is 13.1 Å². The van der Waals surface area contributed by atoms with Gasteiger partial charge in [-0.05, 0) is 33.1 Å². The van der Waals surface area contributed by atoms with E-state index in [0.717, 1.165) is 29.9 Å². The molecule has 1 amide bonds. The van der Waals surface area contributed by atoms with E-state index in [4.69, 9.17) is 0 Å². The topological polar surface area (TPSA) is 75.9 Å². The molecule has 0 radical (unpaired) electrons. The van der Waals surface area contributed by atoms with Crippen LogP contribution in [0.25, 0.3) is 0 Å². The van der Waals surface area contributed by atoms with Crippen LogP contribution < -0.4 is 5.32 Å². The Balaban J connectivity index is 1.76. The van der Waals surface area contributed by atoms with Crippen LogP contribution in [0.5, 0.6) is 0 Å². The number of hydrogen-bond donors (Lipinski definition) is 1. The minimum Gasteiger partial charge on any atom is -0.335 e. The molecule has 7 heteroatoms. The molecule has 2 aromatic rings. The molecule has 26 heavy (non-hydrogen) atoms. The van der Waals surface area contributed by atoms with Crippen molar-refractivity contribution in [1.82, 2.24) is 30.0 Å². The third-order valence-corrected chi connectivity index (χ3v) is 5.25. The van der Waals surface area contributed by atoms with Gasteiger partial charge < -0.3 is 10.2 Å². The summed E-state index contributed by atoms with van der Waals surface area (Å²) in [7, 11) is 1.91. The summed E-state index contributed by atoms with van der Waals surface area (Å²) in [6.07, 6.45) is 8.85. The number of nitrogens with one attached hydrogen (secondary N) is 1. The quantitative estimate of drug-likeness (QED) is 0.858. The highest BCUT2D eigenvalue weighted by atomic mass is 16.2. The molecule has 0 spiro atoms. The van der Waals surface area contributed by atoms with E-state index in [1.165, 1.54) is 0 Å². The summed E-state index contributed by atoms with van der Waals surface area (Å²) in [5.74, 6) is 0.576. The second-order valence-corrected chi connectivity index (χ2v) is 7.03. The van der Waals surface area contributed by atoms with E-state index < -0.39 is 0 Å². The lowest BCUT2D eigenvalue weighted by Gasteiger charge is -2.41. The first-order valence-corrected chi connectivity index (χ1v) is 9.30. The number of aromatic nitrogens is 4. The predicted molar refractivity (Wildman–Crippen MR) is 99.2 cm³/mol. The van der Waals surface area contributed by atoms with Crippen molar-refractivity contribution in [2.24, 2.45) is 13.0 Å². The van der Waals surface area contributed by atoms with Crippen molar-refractivity contribution in [3.63, 3.8) is 0 Å². The van der Waals surface area contributed by atoms with E-state index >= 15 is 0 Å². The lowest BCUT2D eigenvalue weighted by Crippen LogP contribution is -2.45. The fourth-order valence-corrected chi connectivity index (χ4v) is 3.92. The summed E-state index contributed by atoms with van der Waals surface area (Å²) in [6.45, 7) is 7.68. The van der Waals surface area contributed by atoms with Gasteiger partial charge in [0.05, 0.1) is 23.6 Å². The van der Waals surface area contributed by atoms with Crippen LogP contribution in [0.3, 0.4) is 0 Å². The highest BCUT2D eigenvalue weighted by Crippen LogP contribution is 2.36. The Bertz CT molecular complexity index is 758. The minimum absolute atomic E-state index is 0.0672. The Morgan fingerprint density at radius 1 is 1.35 bits per heavy atom. The summed E-state index contributed by atoms with van der Waals surface area (Å²) >= 11 is 0.